The van der Waals surface area contributed by atoms with Crippen LogP contribution >= 0.6 is 0 Å². The van der Waals surface area contributed by atoms with Gasteiger partial charge in [0, 0.05) is 19.3 Å². The lowest BCUT2D eigenvalue weighted by Gasteiger charge is -2.29. The van der Waals surface area contributed by atoms with E-state index in [1.807, 2.05) is 17.9 Å². The molecular weight excluding hydrogens is 256 g/mol. The molecule has 1 aromatic heterocycles. The third-order valence-electron chi connectivity index (χ3n) is 3.50. The fourth-order valence-electron chi connectivity index (χ4n) is 2.44. The van der Waals surface area contributed by atoms with E-state index in [9.17, 15) is 9.59 Å². The van der Waals surface area contributed by atoms with Gasteiger partial charge in [-0.15, -0.1) is 0 Å². The highest BCUT2D eigenvalue weighted by Crippen LogP contribution is 2.09. The first kappa shape index (κ1) is 14.6. The lowest BCUT2D eigenvalue weighted by Crippen LogP contribution is -2.49. The van der Waals surface area contributed by atoms with Crippen LogP contribution in [0.15, 0.2) is 12.3 Å². The number of amides is 2. The highest BCUT2D eigenvalue weighted by atomic mass is 16.2. The lowest BCUT2D eigenvalue weighted by atomic mass is 10.1. The van der Waals surface area contributed by atoms with Crippen LogP contribution in [0.5, 0.6) is 0 Å². The van der Waals surface area contributed by atoms with E-state index < -0.39 is 6.04 Å². The summed E-state index contributed by atoms with van der Waals surface area (Å²) in [4.78, 5) is 25.9. The van der Waals surface area contributed by atoms with Crippen LogP contribution in [0.4, 0.5) is 0 Å². The number of nitrogens with zero attached hydrogens (tertiary/aromatic N) is 3. The van der Waals surface area contributed by atoms with Crippen molar-refractivity contribution in [1.82, 2.24) is 20.0 Å². The van der Waals surface area contributed by atoms with Crippen molar-refractivity contribution >= 4 is 11.8 Å². The van der Waals surface area contributed by atoms with Crippen molar-refractivity contribution in [3.05, 3.63) is 18.0 Å². The summed E-state index contributed by atoms with van der Waals surface area (Å²) >= 11 is 0. The van der Waals surface area contributed by atoms with Crippen molar-refractivity contribution in [2.75, 3.05) is 13.1 Å². The molecule has 0 aromatic carbocycles. The topological polar surface area (TPSA) is 67.2 Å². The molecule has 0 unspecified atom stereocenters. The maximum absolute atomic E-state index is 12.2. The summed E-state index contributed by atoms with van der Waals surface area (Å²) in [6, 6.07) is 1.37. The molecule has 2 heterocycles. The minimum absolute atomic E-state index is 0.00898. The zero-order chi connectivity index (χ0) is 14.5. The predicted molar refractivity (Wildman–Crippen MR) is 75.0 cm³/mol. The molecule has 2 rings (SSSR count). The minimum atomic E-state index is -0.475. The number of likely N-dealkylation sites (tertiary alicyclic amines) is 1. The number of nitrogens with one attached hydrogen (secondary N) is 1. The summed E-state index contributed by atoms with van der Waals surface area (Å²) in [7, 11) is 0. The molecule has 0 saturated carbocycles. The Kier molecular flexibility index (Phi) is 4.76. The summed E-state index contributed by atoms with van der Waals surface area (Å²) in [6.45, 7) is 5.36. The molecule has 1 N–H and O–H groups in total. The molecule has 1 atom stereocenters. The van der Waals surface area contributed by atoms with Gasteiger partial charge in [-0.1, -0.05) is 0 Å². The number of hydrogen-bond donors (Lipinski definition) is 1. The molecule has 1 fully saturated rings. The fraction of sp³-hybridized carbons (Fsp3) is 0.643. The molecule has 20 heavy (non-hydrogen) atoms. The van der Waals surface area contributed by atoms with Crippen molar-refractivity contribution in [3.63, 3.8) is 0 Å². The Morgan fingerprint density at radius 2 is 2.05 bits per heavy atom. The van der Waals surface area contributed by atoms with Crippen LogP contribution in [0.2, 0.25) is 0 Å². The van der Waals surface area contributed by atoms with Crippen LogP contribution < -0.4 is 5.32 Å². The molecule has 2 amide bonds. The zero-order valence-electron chi connectivity index (χ0n) is 12.1. The smallest absolute Gasteiger partial charge is 0.244 e. The van der Waals surface area contributed by atoms with E-state index in [0.29, 0.717) is 0 Å². The maximum atomic E-state index is 12.2. The third kappa shape index (κ3) is 3.82. The molecule has 1 aliphatic heterocycles. The molecule has 1 aromatic rings. The first-order valence-electron chi connectivity index (χ1n) is 7.14. The summed E-state index contributed by atoms with van der Waals surface area (Å²) in [5.41, 5.74) is 0.871. The van der Waals surface area contributed by atoms with E-state index in [-0.39, 0.29) is 18.4 Å². The number of hydrogen-bond acceptors (Lipinski definition) is 3. The van der Waals surface area contributed by atoms with Crippen molar-refractivity contribution < 1.29 is 9.59 Å². The second-order valence-corrected chi connectivity index (χ2v) is 5.33. The predicted octanol–water partition coefficient (Wildman–Crippen LogP) is 0.709. The Morgan fingerprint density at radius 3 is 2.65 bits per heavy atom. The first-order valence-corrected chi connectivity index (χ1v) is 7.14. The standard InChI is InChI=1S/C14H22N4O2/c1-11-6-9-18(16-11)10-13(19)15-12(2)14(20)17-7-4-3-5-8-17/h6,9,12H,3-5,7-8,10H2,1-2H3,(H,15,19)/t12-/m1/s1. The van der Waals surface area contributed by atoms with Crippen molar-refractivity contribution in [3.8, 4) is 0 Å². The van der Waals surface area contributed by atoms with E-state index >= 15 is 0 Å². The summed E-state index contributed by atoms with van der Waals surface area (Å²) in [5, 5.41) is 6.90. The lowest BCUT2D eigenvalue weighted by molar-refractivity contribution is -0.136. The average Bonchev–Trinajstić information content (AvgIpc) is 2.84. The molecule has 110 valence electrons. The van der Waals surface area contributed by atoms with Crippen molar-refractivity contribution in [1.29, 1.82) is 0 Å². The van der Waals surface area contributed by atoms with Crippen LogP contribution in [0.25, 0.3) is 0 Å². The highest BCUT2D eigenvalue weighted by molar-refractivity contribution is 5.87. The second-order valence-electron chi connectivity index (χ2n) is 5.33. The zero-order valence-corrected chi connectivity index (χ0v) is 12.1. The molecular formula is C14H22N4O2. The molecule has 1 aliphatic rings. The number of aryl methyl sites for hydroxylation is 1. The van der Waals surface area contributed by atoms with Gasteiger partial charge < -0.3 is 10.2 Å². The summed E-state index contributed by atoms with van der Waals surface area (Å²) in [5.74, 6) is -0.180. The van der Waals surface area contributed by atoms with Gasteiger partial charge in [-0.25, -0.2) is 0 Å². The van der Waals surface area contributed by atoms with Crippen LogP contribution in [-0.2, 0) is 16.1 Å². The molecule has 0 bridgehead atoms. The van der Waals surface area contributed by atoms with Gasteiger partial charge in [-0.3, -0.25) is 14.3 Å². The van der Waals surface area contributed by atoms with Gasteiger partial charge in [0.2, 0.25) is 11.8 Å². The number of aromatic nitrogens is 2. The highest BCUT2D eigenvalue weighted by Gasteiger charge is 2.23. The fourth-order valence-corrected chi connectivity index (χ4v) is 2.44. The normalized spacial score (nSPS) is 16.8. The van der Waals surface area contributed by atoms with Gasteiger partial charge in [0.25, 0.3) is 0 Å². The Labute approximate surface area is 119 Å². The second kappa shape index (κ2) is 6.54. The quantitative estimate of drug-likeness (QED) is 0.882. The Balaban J connectivity index is 1.82. The molecule has 0 aliphatic carbocycles. The Bertz CT molecular complexity index is 477. The number of piperidine rings is 1. The van der Waals surface area contributed by atoms with Crippen LogP contribution in [-0.4, -0.2) is 45.6 Å². The minimum Gasteiger partial charge on any atom is -0.343 e. The third-order valence-corrected chi connectivity index (χ3v) is 3.50. The van der Waals surface area contributed by atoms with Gasteiger partial charge in [0.15, 0.2) is 0 Å². The molecule has 0 spiro atoms. The molecule has 0 radical (unpaired) electrons. The van der Waals surface area contributed by atoms with Crippen LogP contribution in [0, 0.1) is 6.92 Å². The first-order chi connectivity index (χ1) is 9.56. The van der Waals surface area contributed by atoms with E-state index in [4.69, 9.17) is 0 Å². The van der Waals surface area contributed by atoms with E-state index in [0.717, 1.165) is 31.6 Å². The van der Waals surface area contributed by atoms with E-state index in [1.54, 1.807) is 17.8 Å². The van der Waals surface area contributed by atoms with Gasteiger partial charge >= 0.3 is 0 Å². The van der Waals surface area contributed by atoms with Crippen LogP contribution in [0.1, 0.15) is 31.9 Å². The molecule has 1 saturated heterocycles. The Morgan fingerprint density at radius 1 is 1.35 bits per heavy atom. The van der Waals surface area contributed by atoms with E-state index in [1.165, 1.54) is 6.42 Å². The van der Waals surface area contributed by atoms with Gasteiger partial charge in [-0.2, -0.15) is 5.10 Å². The SMILES string of the molecule is Cc1ccn(CC(=O)N[C@H](C)C(=O)N2CCCCC2)n1. The van der Waals surface area contributed by atoms with E-state index in [2.05, 4.69) is 10.4 Å². The summed E-state index contributed by atoms with van der Waals surface area (Å²) in [6.07, 6.45) is 5.05. The molecule has 6 nitrogen and oxygen atoms in total. The van der Waals surface area contributed by atoms with Crippen LogP contribution in [0.3, 0.4) is 0 Å². The van der Waals surface area contributed by atoms with Gasteiger partial charge in [0.1, 0.15) is 12.6 Å². The van der Waals surface area contributed by atoms with Gasteiger partial charge in [0.05, 0.1) is 5.69 Å². The number of carbonyl (C=O) groups excluding carboxylic acids is 2. The Hall–Kier alpha value is -1.85. The van der Waals surface area contributed by atoms with Crippen molar-refractivity contribution in [2.45, 2.75) is 45.7 Å². The van der Waals surface area contributed by atoms with Gasteiger partial charge in [-0.05, 0) is 39.2 Å². The number of carbonyl (C=O) groups is 2. The average molecular weight is 278 g/mol. The number of rotatable bonds is 4. The largest absolute Gasteiger partial charge is 0.343 e. The van der Waals surface area contributed by atoms with Crippen molar-refractivity contribution in [2.24, 2.45) is 0 Å². The monoisotopic (exact) mass is 278 g/mol. The molecule has 6 heteroatoms. The maximum Gasteiger partial charge on any atom is 0.244 e. The summed E-state index contributed by atoms with van der Waals surface area (Å²) < 4.78 is 1.57.